The van der Waals surface area contributed by atoms with Crippen LogP contribution in [0.2, 0.25) is 0 Å². The monoisotopic (exact) mass is 304 g/mol. The number of nitrogens with zero attached hydrogens (tertiary/aromatic N) is 3. The SMILES string of the molecule is CC1CCCC(Nc2cc(N3CCCC3CO)ncn2)CC1. The Labute approximate surface area is 133 Å². The van der Waals surface area contributed by atoms with Crippen molar-refractivity contribution < 1.29 is 5.11 Å². The van der Waals surface area contributed by atoms with Crippen molar-refractivity contribution in [2.24, 2.45) is 5.92 Å². The zero-order valence-corrected chi connectivity index (χ0v) is 13.5. The van der Waals surface area contributed by atoms with E-state index in [2.05, 4.69) is 27.1 Å². The van der Waals surface area contributed by atoms with Crippen molar-refractivity contribution in [3.8, 4) is 0 Å². The summed E-state index contributed by atoms with van der Waals surface area (Å²) in [5, 5.41) is 13.1. The first-order valence-electron chi connectivity index (χ1n) is 8.72. The molecule has 1 aliphatic heterocycles. The summed E-state index contributed by atoms with van der Waals surface area (Å²) in [5.41, 5.74) is 0. The van der Waals surface area contributed by atoms with Gasteiger partial charge in [-0.3, -0.25) is 0 Å². The molecule has 2 heterocycles. The van der Waals surface area contributed by atoms with Crippen LogP contribution in [0.3, 0.4) is 0 Å². The zero-order valence-electron chi connectivity index (χ0n) is 13.5. The van der Waals surface area contributed by atoms with E-state index < -0.39 is 0 Å². The number of rotatable bonds is 4. The molecular formula is C17H28N4O. The van der Waals surface area contributed by atoms with Gasteiger partial charge in [-0.2, -0.15) is 0 Å². The van der Waals surface area contributed by atoms with Crippen LogP contribution in [0.15, 0.2) is 12.4 Å². The molecule has 122 valence electrons. The third-order valence-corrected chi connectivity index (χ3v) is 5.14. The Hall–Kier alpha value is -1.36. The van der Waals surface area contributed by atoms with Crippen molar-refractivity contribution in [3.05, 3.63) is 12.4 Å². The second-order valence-electron chi connectivity index (χ2n) is 6.89. The van der Waals surface area contributed by atoms with Crippen LogP contribution < -0.4 is 10.2 Å². The molecule has 0 amide bonds. The van der Waals surface area contributed by atoms with E-state index in [1.165, 1.54) is 32.1 Å². The Morgan fingerprint density at radius 2 is 2.09 bits per heavy atom. The Morgan fingerprint density at radius 1 is 1.18 bits per heavy atom. The largest absolute Gasteiger partial charge is 0.394 e. The molecule has 3 atom stereocenters. The van der Waals surface area contributed by atoms with E-state index in [1.54, 1.807) is 6.33 Å². The van der Waals surface area contributed by atoms with Gasteiger partial charge in [0.25, 0.3) is 0 Å². The molecule has 3 rings (SSSR count). The van der Waals surface area contributed by atoms with Gasteiger partial charge in [-0.05, 0) is 38.0 Å². The van der Waals surface area contributed by atoms with Crippen LogP contribution in [-0.2, 0) is 0 Å². The highest BCUT2D eigenvalue weighted by molar-refractivity contribution is 5.50. The number of aliphatic hydroxyl groups is 1. The second kappa shape index (κ2) is 7.27. The Kier molecular flexibility index (Phi) is 5.13. The van der Waals surface area contributed by atoms with Gasteiger partial charge in [0.05, 0.1) is 12.6 Å². The quantitative estimate of drug-likeness (QED) is 0.838. The van der Waals surface area contributed by atoms with E-state index in [0.29, 0.717) is 6.04 Å². The Morgan fingerprint density at radius 3 is 2.95 bits per heavy atom. The lowest BCUT2D eigenvalue weighted by atomic mass is 10.0. The van der Waals surface area contributed by atoms with E-state index in [-0.39, 0.29) is 12.6 Å². The summed E-state index contributed by atoms with van der Waals surface area (Å²) in [7, 11) is 0. The first-order valence-corrected chi connectivity index (χ1v) is 8.72. The van der Waals surface area contributed by atoms with E-state index >= 15 is 0 Å². The minimum absolute atomic E-state index is 0.202. The first kappa shape index (κ1) is 15.5. The van der Waals surface area contributed by atoms with Crippen molar-refractivity contribution in [2.75, 3.05) is 23.4 Å². The summed E-state index contributed by atoms with van der Waals surface area (Å²) in [6.45, 7) is 3.53. The number of hydrogen-bond donors (Lipinski definition) is 2. The highest BCUT2D eigenvalue weighted by Gasteiger charge is 2.25. The predicted octanol–water partition coefficient (Wildman–Crippen LogP) is 2.82. The fourth-order valence-corrected chi connectivity index (χ4v) is 3.75. The first-order chi connectivity index (χ1) is 10.8. The second-order valence-corrected chi connectivity index (χ2v) is 6.89. The smallest absolute Gasteiger partial charge is 0.134 e. The Bertz CT molecular complexity index is 481. The molecule has 1 saturated carbocycles. The summed E-state index contributed by atoms with van der Waals surface area (Å²) in [4.78, 5) is 11.0. The summed E-state index contributed by atoms with van der Waals surface area (Å²) >= 11 is 0. The summed E-state index contributed by atoms with van der Waals surface area (Å²) in [5.74, 6) is 2.71. The molecule has 1 saturated heterocycles. The molecule has 1 aromatic rings. The lowest BCUT2D eigenvalue weighted by molar-refractivity contribution is 0.266. The maximum absolute atomic E-state index is 9.48. The van der Waals surface area contributed by atoms with Gasteiger partial charge in [-0.25, -0.2) is 9.97 Å². The van der Waals surface area contributed by atoms with Gasteiger partial charge in [0.15, 0.2) is 0 Å². The van der Waals surface area contributed by atoms with Crippen LogP contribution in [0.5, 0.6) is 0 Å². The summed E-state index contributed by atoms with van der Waals surface area (Å²) in [6, 6.07) is 2.78. The van der Waals surface area contributed by atoms with Crippen molar-refractivity contribution >= 4 is 11.6 Å². The standard InChI is InChI=1S/C17H28N4O/c1-13-4-2-5-14(8-7-13)20-16-10-17(19-12-18-16)21-9-3-6-15(21)11-22/h10,12-15,22H,2-9,11H2,1H3,(H,18,19,20). The van der Waals surface area contributed by atoms with Crippen molar-refractivity contribution in [1.29, 1.82) is 0 Å². The van der Waals surface area contributed by atoms with Crippen LogP contribution in [0.1, 0.15) is 51.9 Å². The minimum Gasteiger partial charge on any atom is -0.394 e. The van der Waals surface area contributed by atoms with Crippen molar-refractivity contribution in [1.82, 2.24) is 9.97 Å². The lowest BCUT2D eigenvalue weighted by Gasteiger charge is -2.25. The fourth-order valence-electron chi connectivity index (χ4n) is 3.75. The third-order valence-electron chi connectivity index (χ3n) is 5.14. The number of aliphatic hydroxyl groups excluding tert-OH is 1. The number of anilines is 2. The molecule has 22 heavy (non-hydrogen) atoms. The zero-order chi connectivity index (χ0) is 15.4. The molecule has 5 nitrogen and oxygen atoms in total. The number of hydrogen-bond acceptors (Lipinski definition) is 5. The van der Waals surface area contributed by atoms with Gasteiger partial charge < -0.3 is 15.3 Å². The average molecular weight is 304 g/mol. The van der Waals surface area contributed by atoms with E-state index in [9.17, 15) is 5.11 Å². The van der Waals surface area contributed by atoms with Gasteiger partial charge in [0.1, 0.15) is 18.0 Å². The van der Waals surface area contributed by atoms with E-state index in [4.69, 9.17) is 0 Å². The maximum atomic E-state index is 9.48. The number of nitrogens with one attached hydrogen (secondary N) is 1. The normalized spacial score (nSPS) is 29.4. The van der Waals surface area contributed by atoms with E-state index in [0.717, 1.165) is 36.9 Å². The molecule has 1 aliphatic carbocycles. The van der Waals surface area contributed by atoms with Gasteiger partial charge in [0.2, 0.25) is 0 Å². The van der Waals surface area contributed by atoms with Crippen LogP contribution in [0.25, 0.3) is 0 Å². The van der Waals surface area contributed by atoms with Gasteiger partial charge in [-0.15, -0.1) is 0 Å². The fraction of sp³-hybridized carbons (Fsp3) is 0.765. The van der Waals surface area contributed by atoms with Gasteiger partial charge >= 0.3 is 0 Å². The molecule has 5 heteroatoms. The highest BCUT2D eigenvalue weighted by atomic mass is 16.3. The molecule has 0 radical (unpaired) electrons. The molecule has 2 N–H and O–H groups in total. The maximum Gasteiger partial charge on any atom is 0.134 e. The van der Waals surface area contributed by atoms with E-state index in [1.807, 2.05) is 6.07 Å². The average Bonchev–Trinajstić information content (AvgIpc) is 2.92. The molecule has 1 aromatic heterocycles. The molecule has 0 spiro atoms. The van der Waals surface area contributed by atoms with Gasteiger partial charge in [0, 0.05) is 18.7 Å². The third kappa shape index (κ3) is 3.69. The molecule has 2 aliphatic rings. The molecule has 2 fully saturated rings. The van der Waals surface area contributed by atoms with Crippen LogP contribution in [0, 0.1) is 5.92 Å². The van der Waals surface area contributed by atoms with Crippen LogP contribution in [0.4, 0.5) is 11.6 Å². The summed E-state index contributed by atoms with van der Waals surface area (Å²) in [6.07, 6.45) is 10.2. The van der Waals surface area contributed by atoms with Crippen LogP contribution in [-0.4, -0.2) is 40.3 Å². The number of aromatic nitrogens is 2. The molecule has 0 aromatic carbocycles. The summed E-state index contributed by atoms with van der Waals surface area (Å²) < 4.78 is 0. The van der Waals surface area contributed by atoms with Crippen molar-refractivity contribution in [3.63, 3.8) is 0 Å². The topological polar surface area (TPSA) is 61.3 Å². The predicted molar refractivity (Wildman–Crippen MR) is 89.1 cm³/mol. The molecular weight excluding hydrogens is 276 g/mol. The molecule has 0 bridgehead atoms. The van der Waals surface area contributed by atoms with Crippen LogP contribution >= 0.6 is 0 Å². The van der Waals surface area contributed by atoms with Crippen molar-refractivity contribution in [2.45, 2.75) is 64.0 Å². The minimum atomic E-state index is 0.202. The lowest BCUT2D eigenvalue weighted by Crippen LogP contribution is -2.32. The Balaban J connectivity index is 1.66. The van der Waals surface area contributed by atoms with Gasteiger partial charge in [-0.1, -0.05) is 19.8 Å². The molecule has 3 unspecified atom stereocenters. The highest BCUT2D eigenvalue weighted by Crippen LogP contribution is 2.27.